The molecule has 0 aliphatic carbocycles. The van der Waals surface area contributed by atoms with Gasteiger partial charge in [0.25, 0.3) is 0 Å². The number of benzene rings is 1. The third-order valence-corrected chi connectivity index (χ3v) is 6.60. The molecule has 35 heavy (non-hydrogen) atoms. The van der Waals surface area contributed by atoms with Crippen molar-refractivity contribution in [3.8, 4) is 6.07 Å². The molecule has 1 unspecified atom stereocenters. The summed E-state index contributed by atoms with van der Waals surface area (Å²) in [6, 6.07) is 14.7. The number of urea groups is 1. The van der Waals surface area contributed by atoms with Crippen molar-refractivity contribution >= 4 is 39.1 Å². The summed E-state index contributed by atoms with van der Waals surface area (Å²) in [5.74, 6) is 0.930. The van der Waals surface area contributed by atoms with Gasteiger partial charge in [0.1, 0.15) is 5.82 Å². The molecule has 1 fully saturated rings. The van der Waals surface area contributed by atoms with Gasteiger partial charge >= 0.3 is 6.03 Å². The van der Waals surface area contributed by atoms with Crippen molar-refractivity contribution in [3.63, 3.8) is 0 Å². The highest BCUT2D eigenvalue weighted by atomic mass is 79.9. The monoisotopic (exact) mass is 530 g/mol. The average Bonchev–Trinajstić information content (AvgIpc) is 3.29. The second-order valence-electron chi connectivity index (χ2n) is 8.41. The van der Waals surface area contributed by atoms with E-state index in [9.17, 15) is 4.79 Å². The van der Waals surface area contributed by atoms with Gasteiger partial charge < -0.3 is 15.5 Å². The van der Waals surface area contributed by atoms with Crippen LogP contribution in [0.15, 0.2) is 65.5 Å². The molecular formula is C25H23BrN8O. The van der Waals surface area contributed by atoms with Gasteiger partial charge in [-0.15, -0.1) is 0 Å². The van der Waals surface area contributed by atoms with Crippen molar-refractivity contribution in [1.82, 2.24) is 24.5 Å². The van der Waals surface area contributed by atoms with Crippen LogP contribution in [-0.2, 0) is 6.54 Å². The van der Waals surface area contributed by atoms with Crippen molar-refractivity contribution in [2.45, 2.75) is 25.3 Å². The maximum atomic E-state index is 12.9. The minimum Gasteiger partial charge on any atom is -0.366 e. The molecule has 1 aromatic carbocycles. The fourth-order valence-electron chi connectivity index (χ4n) is 4.22. The predicted octanol–water partition coefficient (Wildman–Crippen LogP) is 4.78. The number of nitrogens with one attached hydrogen (secondary N) is 2. The fraction of sp³-hybridized carbons (Fsp3) is 0.240. The number of rotatable bonds is 5. The molecule has 9 nitrogen and oxygen atoms in total. The first kappa shape index (κ1) is 22.8. The molecule has 1 aliphatic rings. The summed E-state index contributed by atoms with van der Waals surface area (Å²) in [5.41, 5.74) is 3.94. The number of likely N-dealkylation sites (tertiary alicyclic amines) is 1. The Bertz CT molecular complexity index is 1380. The number of hydrogen-bond acceptors (Lipinski definition) is 6. The van der Waals surface area contributed by atoms with E-state index in [4.69, 9.17) is 10.2 Å². The first-order valence-corrected chi connectivity index (χ1v) is 12.1. The summed E-state index contributed by atoms with van der Waals surface area (Å²) in [7, 11) is 0. The van der Waals surface area contributed by atoms with E-state index in [0.29, 0.717) is 30.9 Å². The van der Waals surface area contributed by atoms with Crippen LogP contribution in [0.5, 0.6) is 0 Å². The highest BCUT2D eigenvalue weighted by molar-refractivity contribution is 9.10. The molecule has 0 bridgehead atoms. The Labute approximate surface area is 210 Å². The molecule has 4 aromatic rings. The number of halogens is 1. The number of piperidine rings is 1. The third-order valence-electron chi connectivity index (χ3n) is 6.04. The molecule has 4 heterocycles. The van der Waals surface area contributed by atoms with Crippen LogP contribution in [0, 0.1) is 11.3 Å². The van der Waals surface area contributed by atoms with E-state index in [0.717, 1.165) is 40.0 Å². The predicted molar refractivity (Wildman–Crippen MR) is 136 cm³/mol. The van der Waals surface area contributed by atoms with E-state index in [2.05, 4.69) is 42.7 Å². The number of nitrogens with zero attached hydrogens (tertiary/aromatic N) is 6. The molecular weight excluding hydrogens is 508 g/mol. The van der Waals surface area contributed by atoms with E-state index in [-0.39, 0.29) is 11.9 Å². The standard InChI is InChI=1S/C25H23BrN8O/c26-21-15-30-34-23(29-14-18-3-1-9-28-13-18)11-22(32-24(21)34)19-4-2-10-33(16-19)25(35)31-20-7-5-17(12-27)6-8-20/h1,3,5-9,11,13,15,19,29H,2,4,10,14,16H2,(H,31,35). The molecule has 0 spiro atoms. The Balaban J connectivity index is 1.34. The summed E-state index contributed by atoms with van der Waals surface area (Å²) in [4.78, 5) is 23.8. The Hall–Kier alpha value is -3.97. The second kappa shape index (κ2) is 10.1. The van der Waals surface area contributed by atoms with Crippen LogP contribution in [0.25, 0.3) is 5.65 Å². The number of hydrogen-bond donors (Lipinski definition) is 2. The van der Waals surface area contributed by atoms with Gasteiger partial charge in [0.2, 0.25) is 0 Å². The molecule has 0 saturated carbocycles. The second-order valence-corrected chi connectivity index (χ2v) is 9.27. The summed E-state index contributed by atoms with van der Waals surface area (Å²) < 4.78 is 2.59. The minimum atomic E-state index is -0.152. The zero-order valence-corrected chi connectivity index (χ0v) is 20.4. The average molecular weight is 531 g/mol. The maximum Gasteiger partial charge on any atom is 0.321 e. The lowest BCUT2D eigenvalue weighted by Crippen LogP contribution is -2.41. The highest BCUT2D eigenvalue weighted by Crippen LogP contribution is 2.30. The molecule has 3 aromatic heterocycles. The van der Waals surface area contributed by atoms with Crippen molar-refractivity contribution in [2.24, 2.45) is 0 Å². The normalized spacial score (nSPS) is 15.5. The van der Waals surface area contributed by atoms with E-state index in [1.54, 1.807) is 41.2 Å². The Kier molecular flexibility index (Phi) is 6.59. The van der Waals surface area contributed by atoms with E-state index in [1.807, 2.05) is 29.3 Å². The highest BCUT2D eigenvalue weighted by Gasteiger charge is 2.27. The number of fused-ring (bicyclic) bond motifs is 1. The third kappa shape index (κ3) is 5.10. The first-order chi connectivity index (χ1) is 17.1. The van der Waals surface area contributed by atoms with Gasteiger partial charge in [-0.1, -0.05) is 6.07 Å². The Morgan fingerprint density at radius 3 is 2.86 bits per heavy atom. The lowest BCUT2D eigenvalue weighted by Gasteiger charge is -2.32. The zero-order chi connectivity index (χ0) is 24.2. The van der Waals surface area contributed by atoms with Crippen LogP contribution in [0.2, 0.25) is 0 Å². The van der Waals surface area contributed by atoms with Gasteiger partial charge in [0, 0.05) is 49.7 Å². The molecule has 10 heteroatoms. The summed E-state index contributed by atoms with van der Waals surface area (Å²) in [6.07, 6.45) is 7.15. The number of amides is 2. The molecule has 2 amide bonds. The first-order valence-electron chi connectivity index (χ1n) is 11.3. The van der Waals surface area contributed by atoms with E-state index >= 15 is 0 Å². The Morgan fingerprint density at radius 2 is 2.09 bits per heavy atom. The molecule has 2 N–H and O–H groups in total. The van der Waals surface area contributed by atoms with Gasteiger partial charge in [-0.2, -0.15) is 14.9 Å². The molecule has 176 valence electrons. The van der Waals surface area contributed by atoms with E-state index in [1.165, 1.54) is 0 Å². The molecule has 1 atom stereocenters. The lowest BCUT2D eigenvalue weighted by atomic mass is 9.94. The van der Waals surface area contributed by atoms with Crippen LogP contribution >= 0.6 is 15.9 Å². The van der Waals surface area contributed by atoms with Crippen LogP contribution < -0.4 is 10.6 Å². The number of pyridine rings is 1. The summed E-state index contributed by atoms with van der Waals surface area (Å²) in [6.45, 7) is 1.86. The zero-order valence-electron chi connectivity index (χ0n) is 18.9. The quantitative estimate of drug-likeness (QED) is 0.384. The van der Waals surface area contributed by atoms with Crippen molar-refractivity contribution < 1.29 is 4.79 Å². The Morgan fingerprint density at radius 1 is 1.23 bits per heavy atom. The maximum absolute atomic E-state index is 12.9. The molecule has 0 radical (unpaired) electrons. The molecule has 1 aliphatic heterocycles. The van der Waals surface area contributed by atoms with Crippen LogP contribution in [0.1, 0.15) is 35.6 Å². The number of aromatic nitrogens is 4. The molecule has 1 saturated heterocycles. The number of anilines is 2. The minimum absolute atomic E-state index is 0.0983. The largest absolute Gasteiger partial charge is 0.366 e. The number of carbonyl (C=O) groups excluding carboxylic acids is 1. The van der Waals surface area contributed by atoms with Crippen molar-refractivity contribution in [3.05, 3.63) is 82.3 Å². The molecule has 5 rings (SSSR count). The lowest BCUT2D eigenvalue weighted by molar-refractivity contribution is 0.192. The smallest absolute Gasteiger partial charge is 0.321 e. The number of nitriles is 1. The van der Waals surface area contributed by atoms with Crippen molar-refractivity contribution in [1.29, 1.82) is 5.26 Å². The van der Waals surface area contributed by atoms with Gasteiger partial charge in [-0.25, -0.2) is 9.78 Å². The van der Waals surface area contributed by atoms with Gasteiger partial charge in [-0.3, -0.25) is 4.98 Å². The van der Waals surface area contributed by atoms with Gasteiger partial charge in [-0.05, 0) is 64.7 Å². The fourth-order valence-corrected chi connectivity index (χ4v) is 4.57. The van der Waals surface area contributed by atoms with Crippen LogP contribution in [0.4, 0.5) is 16.3 Å². The van der Waals surface area contributed by atoms with E-state index < -0.39 is 0 Å². The van der Waals surface area contributed by atoms with Gasteiger partial charge in [0.05, 0.1) is 28.0 Å². The van der Waals surface area contributed by atoms with Crippen LogP contribution in [0.3, 0.4) is 0 Å². The van der Waals surface area contributed by atoms with Crippen LogP contribution in [-0.4, -0.2) is 43.6 Å². The summed E-state index contributed by atoms with van der Waals surface area (Å²) >= 11 is 3.56. The SMILES string of the molecule is N#Cc1ccc(NC(=O)N2CCCC(c3cc(NCc4cccnc4)n4ncc(Br)c4n3)C2)cc1. The number of carbonyl (C=O) groups is 1. The van der Waals surface area contributed by atoms with Crippen molar-refractivity contribution in [2.75, 3.05) is 23.7 Å². The topological polar surface area (TPSA) is 111 Å². The summed E-state index contributed by atoms with van der Waals surface area (Å²) in [5, 5.41) is 19.8. The van der Waals surface area contributed by atoms with Gasteiger partial charge in [0.15, 0.2) is 5.65 Å².